The minimum Gasteiger partial charge on any atom is -0.504 e. The van der Waals surface area contributed by atoms with Crippen LogP contribution < -0.4 is 11.1 Å². The first-order valence-corrected chi connectivity index (χ1v) is 15.5. The van der Waals surface area contributed by atoms with Crippen molar-refractivity contribution in [2.75, 3.05) is 25.1 Å². The van der Waals surface area contributed by atoms with Crippen molar-refractivity contribution in [2.45, 2.75) is 44.0 Å². The molecule has 15 nitrogen and oxygen atoms in total. The van der Waals surface area contributed by atoms with Crippen molar-refractivity contribution in [1.82, 2.24) is 15.2 Å². The average molecular weight is 660 g/mol. The molecule has 1 aromatic carbocycles. The largest absolute Gasteiger partial charge is 0.504 e. The van der Waals surface area contributed by atoms with E-state index >= 15 is 0 Å². The molecule has 0 saturated carbocycles. The molecule has 1 aromatic heterocycles. The van der Waals surface area contributed by atoms with Gasteiger partial charge in [-0.25, -0.2) is 14.6 Å². The fourth-order valence-electron chi connectivity index (χ4n) is 5.20. The van der Waals surface area contributed by atoms with Gasteiger partial charge in [-0.2, -0.15) is 0 Å². The second kappa shape index (κ2) is 11.7. The number of nitrogens with one attached hydrogen (secondary N) is 1. The number of aliphatic carboxylic acids is 2. The van der Waals surface area contributed by atoms with Crippen molar-refractivity contribution in [3.8, 4) is 11.5 Å². The van der Waals surface area contributed by atoms with E-state index in [0.29, 0.717) is 29.7 Å². The number of benzene rings is 1. The molecule has 2 amide bonds. The summed E-state index contributed by atoms with van der Waals surface area (Å²) in [5, 5.41) is 46.2. The molecule has 7 N–H and O–H groups in total. The van der Waals surface area contributed by atoms with Gasteiger partial charge < -0.3 is 40.8 Å². The summed E-state index contributed by atoms with van der Waals surface area (Å²) < 4.78 is 0.540. The Kier molecular flexibility index (Phi) is 8.28. The molecule has 5 rings (SSSR count). The number of β-lactam (4-membered cyclic amide) rings is 1. The van der Waals surface area contributed by atoms with Crippen LogP contribution in [0.3, 0.4) is 0 Å². The third-order valence-corrected chi connectivity index (χ3v) is 9.59. The second-order valence-corrected chi connectivity index (χ2v) is 13.6. The number of nitrogens with zero attached hydrogens (tertiary/aromatic N) is 4. The molecular formula is C28H31N6O9S2+. The van der Waals surface area contributed by atoms with Crippen LogP contribution in [-0.4, -0.2) is 101 Å². The number of anilines is 1. The summed E-state index contributed by atoms with van der Waals surface area (Å²) in [6.45, 7) is 4.23. The number of phenols is 2. The van der Waals surface area contributed by atoms with Gasteiger partial charge in [0.25, 0.3) is 11.8 Å². The zero-order chi connectivity index (χ0) is 32.8. The summed E-state index contributed by atoms with van der Waals surface area (Å²) in [4.78, 5) is 60.5. The number of hydrogen-bond donors (Lipinski definition) is 6. The smallest absolute Gasteiger partial charge is 0.352 e. The van der Waals surface area contributed by atoms with Crippen LogP contribution in [0.1, 0.15) is 30.7 Å². The van der Waals surface area contributed by atoms with E-state index in [0.717, 1.165) is 27.4 Å². The first-order chi connectivity index (χ1) is 21.1. The number of nitrogen functional groups attached to an aromatic ring is 1. The molecule has 0 radical (unpaired) electrons. The number of aromatic hydroxyl groups is 2. The van der Waals surface area contributed by atoms with E-state index < -0.39 is 46.5 Å². The van der Waals surface area contributed by atoms with Crippen molar-refractivity contribution in [2.24, 2.45) is 5.16 Å². The Morgan fingerprint density at radius 1 is 1.22 bits per heavy atom. The highest BCUT2D eigenvalue weighted by atomic mass is 32.2. The number of quaternary nitrogens is 1. The molecule has 2 aromatic rings. The van der Waals surface area contributed by atoms with Crippen LogP contribution in [0.4, 0.5) is 5.13 Å². The number of likely N-dealkylation sites (N-methyl/N-ethyl adjacent to an activating group) is 1. The maximum atomic E-state index is 13.3. The molecule has 0 aliphatic carbocycles. The number of allylic oxidation sites excluding steroid dienone is 1. The van der Waals surface area contributed by atoms with Gasteiger partial charge in [-0.3, -0.25) is 14.5 Å². The molecule has 45 heavy (non-hydrogen) atoms. The molecule has 0 unspecified atom stereocenters. The highest BCUT2D eigenvalue weighted by molar-refractivity contribution is 8.00. The van der Waals surface area contributed by atoms with Gasteiger partial charge in [0.1, 0.15) is 35.9 Å². The highest BCUT2D eigenvalue weighted by Gasteiger charge is 2.54. The molecule has 0 bridgehead atoms. The first-order valence-electron chi connectivity index (χ1n) is 13.6. The predicted octanol–water partition coefficient (Wildman–Crippen LogP) is 1.18. The van der Waals surface area contributed by atoms with E-state index in [1.54, 1.807) is 18.2 Å². The zero-order valence-electron chi connectivity index (χ0n) is 24.4. The van der Waals surface area contributed by atoms with Crippen molar-refractivity contribution >= 4 is 57.7 Å². The van der Waals surface area contributed by atoms with Crippen molar-refractivity contribution < 1.29 is 48.9 Å². The Morgan fingerprint density at radius 3 is 2.42 bits per heavy atom. The minimum atomic E-state index is -1.77. The van der Waals surface area contributed by atoms with Crippen molar-refractivity contribution in [3.05, 3.63) is 57.8 Å². The van der Waals surface area contributed by atoms with Gasteiger partial charge in [0, 0.05) is 22.3 Å². The predicted molar refractivity (Wildman–Crippen MR) is 163 cm³/mol. The lowest BCUT2D eigenvalue weighted by Gasteiger charge is -2.49. The summed E-state index contributed by atoms with van der Waals surface area (Å²) in [5.41, 5.74) is 5.64. The molecular weight excluding hydrogens is 628 g/mol. The van der Waals surface area contributed by atoms with E-state index in [2.05, 4.69) is 15.5 Å². The van der Waals surface area contributed by atoms with Crippen molar-refractivity contribution in [1.29, 1.82) is 0 Å². The number of rotatable bonds is 10. The number of phenolic OH excluding ortho intramolecular Hbond substituents is 2. The number of hydrogen-bond acceptors (Lipinski definition) is 12. The van der Waals surface area contributed by atoms with Gasteiger partial charge in [0.2, 0.25) is 5.60 Å². The van der Waals surface area contributed by atoms with Gasteiger partial charge >= 0.3 is 11.9 Å². The maximum Gasteiger partial charge on any atom is 0.352 e. The zero-order valence-corrected chi connectivity index (χ0v) is 26.0. The number of aromatic nitrogens is 1. The summed E-state index contributed by atoms with van der Waals surface area (Å²) in [6.07, 6.45) is 3.53. The lowest BCUT2D eigenvalue weighted by Crippen LogP contribution is -2.71. The lowest BCUT2D eigenvalue weighted by molar-refractivity contribution is -0.923. The van der Waals surface area contributed by atoms with E-state index in [9.17, 15) is 39.6 Å². The van der Waals surface area contributed by atoms with Crippen LogP contribution in [0.2, 0.25) is 0 Å². The topological polar surface area (TPSA) is 225 Å². The van der Waals surface area contributed by atoms with Gasteiger partial charge in [0.15, 0.2) is 22.3 Å². The molecule has 3 aliphatic heterocycles. The van der Waals surface area contributed by atoms with E-state index in [1.165, 1.54) is 31.0 Å². The maximum absolute atomic E-state index is 13.3. The first kappa shape index (κ1) is 31.8. The number of carbonyl (C=O) groups excluding carboxylic acids is 2. The van der Waals surface area contributed by atoms with E-state index in [-0.39, 0.29) is 33.8 Å². The Morgan fingerprint density at radius 2 is 1.87 bits per heavy atom. The number of nitrogens with two attached hydrogens (primary N) is 1. The summed E-state index contributed by atoms with van der Waals surface area (Å²) in [7, 11) is 2.01. The number of carboxylic acids is 2. The molecule has 1 fully saturated rings. The van der Waals surface area contributed by atoms with Crippen LogP contribution in [0.5, 0.6) is 11.5 Å². The monoisotopic (exact) mass is 659 g/mol. The van der Waals surface area contributed by atoms with Crippen LogP contribution in [0, 0.1) is 0 Å². The number of thioether (sulfide) groups is 1. The third kappa shape index (κ3) is 6.18. The van der Waals surface area contributed by atoms with Crippen molar-refractivity contribution in [3.63, 3.8) is 0 Å². The van der Waals surface area contributed by atoms with Crippen LogP contribution in [-0.2, 0) is 37.1 Å². The number of carboxylic acid groups (broad SMARTS) is 2. The number of oxime groups is 1. The fraction of sp³-hybridized carbons (Fsp3) is 0.357. The van der Waals surface area contributed by atoms with Gasteiger partial charge in [-0.15, -0.1) is 23.1 Å². The number of thiazole rings is 1. The molecule has 3 aliphatic rings. The van der Waals surface area contributed by atoms with Gasteiger partial charge in [-0.1, -0.05) is 11.2 Å². The van der Waals surface area contributed by atoms with E-state index in [4.69, 9.17) is 10.6 Å². The Bertz CT molecular complexity index is 1670. The third-order valence-electron chi connectivity index (χ3n) is 7.61. The summed E-state index contributed by atoms with van der Waals surface area (Å²) >= 11 is 2.30. The molecule has 2 atom stereocenters. The molecule has 1 saturated heterocycles. The Hall–Kier alpha value is -4.61. The van der Waals surface area contributed by atoms with Crippen LogP contribution in [0.15, 0.2) is 46.1 Å². The van der Waals surface area contributed by atoms with Crippen LogP contribution in [0.25, 0.3) is 0 Å². The standard InChI is InChI=1S/C28H30N6O9S2/c1-28(2,26(41)42)43-32-19(16-12-45-27(29)30-16)22(37)31-20-23(38)33-21(25(39)40)13(11-44-24(20)33)5-4-6-34(3)9-14-7-17(35)18(36)8-15(14)10-34/h4-5,7-8,12,20,24H,6,9-11H2,1-3H3,(H6-,29,30,31,32,35,36,37,39,40,41,42)/p+1/b5-4+/t20-,24-/m1/s1. The number of amides is 2. The summed E-state index contributed by atoms with van der Waals surface area (Å²) in [5.74, 6) is -4.23. The minimum absolute atomic E-state index is 0.0146. The normalized spacial score (nSPS) is 20.9. The SMILES string of the molecule is CC(C)(O/N=C(\C(=O)N[C@@H]1C(=O)N2C(C(=O)O)=C(/C=C/C[N+]3(C)Cc4cc(O)c(O)cc4C3)CS[C@H]12)c1csc(N)n1)C(=O)O. The molecule has 238 valence electrons. The Labute approximate surface area is 264 Å². The quantitative estimate of drug-likeness (QED) is 0.0695. The number of fused-ring (bicyclic) bond motifs is 2. The second-order valence-electron chi connectivity index (χ2n) is 11.6. The number of carbonyl (C=O) groups is 4. The summed E-state index contributed by atoms with van der Waals surface area (Å²) in [6, 6.07) is 2.02. The fourth-order valence-corrected chi connectivity index (χ4v) is 7.06. The Balaban J connectivity index is 1.30. The highest BCUT2D eigenvalue weighted by Crippen LogP contribution is 2.41. The van der Waals surface area contributed by atoms with Gasteiger partial charge in [-0.05, 0) is 37.6 Å². The van der Waals surface area contributed by atoms with Gasteiger partial charge in [0.05, 0.1) is 13.6 Å². The average Bonchev–Trinajstić information content (AvgIpc) is 3.53. The molecule has 0 spiro atoms. The van der Waals surface area contributed by atoms with Crippen LogP contribution >= 0.6 is 23.1 Å². The molecule has 4 heterocycles. The molecule has 17 heteroatoms. The lowest BCUT2D eigenvalue weighted by atomic mass is 10.0. The van der Waals surface area contributed by atoms with E-state index in [1.807, 2.05) is 13.1 Å².